The van der Waals surface area contributed by atoms with Gasteiger partial charge >= 0.3 is 0 Å². The molecule has 0 aromatic heterocycles. The Morgan fingerprint density at radius 3 is 1.46 bits per heavy atom. The average molecular weight is 188 g/mol. The molecule has 0 saturated heterocycles. The van der Waals surface area contributed by atoms with Gasteiger partial charge in [-0.15, -0.1) is 13.2 Å². The van der Waals surface area contributed by atoms with Crippen molar-refractivity contribution in [3.05, 3.63) is 13.2 Å². The van der Waals surface area contributed by atoms with Gasteiger partial charge in [0.2, 0.25) is 0 Å². The van der Waals surface area contributed by atoms with E-state index >= 15 is 0 Å². The van der Waals surface area contributed by atoms with Crippen molar-refractivity contribution in [3.8, 4) is 0 Å². The lowest BCUT2D eigenvalue weighted by Crippen LogP contribution is -2.49. The van der Waals surface area contributed by atoms with Crippen LogP contribution < -0.4 is 0 Å². The van der Waals surface area contributed by atoms with Gasteiger partial charge < -0.3 is 15.3 Å². The molecule has 3 nitrogen and oxygen atoms in total. The number of aliphatic hydroxyl groups excluding tert-OH is 3. The highest BCUT2D eigenvalue weighted by Gasteiger charge is 2.38. The van der Waals surface area contributed by atoms with Gasteiger partial charge in [-0.25, -0.2) is 0 Å². The molecular weight excluding hydrogens is 168 g/mol. The summed E-state index contributed by atoms with van der Waals surface area (Å²) in [5, 5.41) is 27.9. The minimum atomic E-state index is -0.964. The van der Waals surface area contributed by atoms with Crippen LogP contribution in [0.5, 0.6) is 0 Å². The van der Waals surface area contributed by atoms with Crippen molar-refractivity contribution in [2.45, 2.75) is 38.6 Å². The fraction of sp³-hybridized carbons (Fsp3) is 0.800. The lowest BCUT2D eigenvalue weighted by Gasteiger charge is -2.37. The van der Waals surface area contributed by atoms with Crippen LogP contribution in [0.2, 0.25) is 0 Å². The van der Waals surface area contributed by atoms with E-state index in [-0.39, 0.29) is 11.8 Å². The van der Waals surface area contributed by atoms with Crippen LogP contribution in [-0.2, 0) is 0 Å². The Labute approximate surface area is 79.7 Å². The number of hydrogen-bond donors (Lipinski definition) is 3. The van der Waals surface area contributed by atoms with Crippen LogP contribution in [0.1, 0.15) is 20.3 Å². The van der Waals surface area contributed by atoms with E-state index in [1.807, 2.05) is 13.8 Å². The van der Waals surface area contributed by atoms with Crippen molar-refractivity contribution < 1.29 is 15.3 Å². The minimum Gasteiger partial charge on any atom is -0.390 e. The summed E-state index contributed by atoms with van der Waals surface area (Å²) in [5.74, 6) is 0.173. The fourth-order valence-corrected chi connectivity index (χ4v) is 1.74. The molecule has 3 heteroatoms. The molecule has 1 fully saturated rings. The molecule has 0 radical (unpaired) electrons. The van der Waals surface area contributed by atoms with Gasteiger partial charge in [0, 0.05) is 0 Å². The van der Waals surface area contributed by atoms with E-state index in [0.29, 0.717) is 0 Å². The van der Waals surface area contributed by atoms with Gasteiger partial charge in [-0.05, 0) is 18.3 Å². The van der Waals surface area contributed by atoms with Crippen molar-refractivity contribution in [2.75, 3.05) is 0 Å². The highest BCUT2D eigenvalue weighted by molar-refractivity contribution is 4.88. The Balaban J connectivity index is 0.000000671. The Kier molecular flexibility index (Phi) is 5.21. The van der Waals surface area contributed by atoms with Crippen molar-refractivity contribution in [3.63, 3.8) is 0 Å². The van der Waals surface area contributed by atoms with Crippen LogP contribution in [0, 0.1) is 11.8 Å². The second-order valence-corrected chi connectivity index (χ2v) is 3.66. The van der Waals surface area contributed by atoms with E-state index in [9.17, 15) is 15.3 Å². The van der Waals surface area contributed by atoms with Gasteiger partial charge in [-0.1, -0.05) is 13.8 Å². The van der Waals surface area contributed by atoms with Crippen LogP contribution in [0.4, 0.5) is 0 Å². The highest BCUT2D eigenvalue weighted by Crippen LogP contribution is 2.29. The summed E-state index contributed by atoms with van der Waals surface area (Å²) in [5.41, 5.74) is 0. The van der Waals surface area contributed by atoms with E-state index in [4.69, 9.17) is 0 Å². The molecule has 1 aliphatic carbocycles. The van der Waals surface area contributed by atoms with Gasteiger partial charge in [-0.3, -0.25) is 0 Å². The number of rotatable bonds is 0. The van der Waals surface area contributed by atoms with E-state index in [2.05, 4.69) is 13.2 Å². The number of hydrogen-bond acceptors (Lipinski definition) is 3. The second kappa shape index (κ2) is 5.37. The van der Waals surface area contributed by atoms with Crippen LogP contribution >= 0.6 is 0 Å². The predicted molar refractivity (Wildman–Crippen MR) is 52.2 cm³/mol. The van der Waals surface area contributed by atoms with Gasteiger partial charge in [0.15, 0.2) is 0 Å². The molecule has 1 aliphatic rings. The summed E-state index contributed by atoms with van der Waals surface area (Å²) in [6, 6.07) is 0. The zero-order valence-corrected chi connectivity index (χ0v) is 8.35. The van der Waals surface area contributed by atoms with E-state index < -0.39 is 18.3 Å². The maximum atomic E-state index is 9.32. The monoisotopic (exact) mass is 188 g/mol. The lowest BCUT2D eigenvalue weighted by molar-refractivity contribution is -0.127. The Hall–Kier alpha value is -0.380. The maximum Gasteiger partial charge on any atom is 0.106 e. The second-order valence-electron chi connectivity index (χ2n) is 3.66. The third kappa shape index (κ3) is 2.79. The topological polar surface area (TPSA) is 60.7 Å². The molecule has 4 unspecified atom stereocenters. The lowest BCUT2D eigenvalue weighted by atomic mass is 9.77. The average Bonchev–Trinajstić information content (AvgIpc) is 2.15. The Morgan fingerprint density at radius 1 is 0.846 bits per heavy atom. The van der Waals surface area contributed by atoms with Crippen molar-refractivity contribution in [2.24, 2.45) is 11.8 Å². The van der Waals surface area contributed by atoms with Gasteiger partial charge in [-0.2, -0.15) is 0 Å². The first-order valence-electron chi connectivity index (χ1n) is 4.58. The van der Waals surface area contributed by atoms with Crippen LogP contribution in [0.15, 0.2) is 13.2 Å². The quantitative estimate of drug-likeness (QED) is 0.486. The standard InChI is InChI=1S/C8H16O3.C2H4/c1-4-3-5(2)7(10)8(11)6(4)9;1-2/h4-11H,3H2,1-2H3;1-2H2. The molecule has 3 N–H and O–H groups in total. The van der Waals surface area contributed by atoms with Gasteiger partial charge in [0.1, 0.15) is 6.10 Å². The SMILES string of the molecule is C=C.CC1CC(C)C(O)C(O)C1O. The third-order valence-corrected chi connectivity index (χ3v) is 2.61. The largest absolute Gasteiger partial charge is 0.390 e. The molecule has 1 rings (SSSR count). The molecule has 0 heterocycles. The summed E-state index contributed by atoms with van der Waals surface area (Å²) in [7, 11) is 0. The highest BCUT2D eigenvalue weighted by atomic mass is 16.4. The molecule has 1 saturated carbocycles. The van der Waals surface area contributed by atoms with E-state index in [1.54, 1.807) is 0 Å². The minimum absolute atomic E-state index is 0.0865. The first-order valence-corrected chi connectivity index (χ1v) is 4.58. The summed E-state index contributed by atoms with van der Waals surface area (Å²) >= 11 is 0. The number of aliphatic hydroxyl groups is 3. The van der Waals surface area contributed by atoms with Crippen molar-refractivity contribution in [1.82, 2.24) is 0 Å². The molecule has 0 bridgehead atoms. The zero-order chi connectivity index (χ0) is 10.6. The van der Waals surface area contributed by atoms with E-state index in [0.717, 1.165) is 6.42 Å². The van der Waals surface area contributed by atoms with Crippen LogP contribution in [0.3, 0.4) is 0 Å². The summed E-state index contributed by atoms with van der Waals surface area (Å²) < 4.78 is 0. The summed E-state index contributed by atoms with van der Waals surface area (Å²) in [6.07, 6.45) is -1.71. The molecule has 0 aliphatic heterocycles. The Morgan fingerprint density at radius 2 is 1.15 bits per heavy atom. The maximum absolute atomic E-state index is 9.32. The third-order valence-electron chi connectivity index (χ3n) is 2.61. The van der Waals surface area contributed by atoms with Crippen molar-refractivity contribution >= 4 is 0 Å². The first-order chi connectivity index (χ1) is 6.04. The first kappa shape index (κ1) is 12.6. The van der Waals surface area contributed by atoms with Crippen LogP contribution in [-0.4, -0.2) is 33.6 Å². The molecule has 0 amide bonds. The molecule has 0 aromatic carbocycles. The molecule has 0 spiro atoms. The van der Waals surface area contributed by atoms with Gasteiger partial charge in [0.25, 0.3) is 0 Å². The predicted octanol–water partition coefficient (Wildman–Crippen LogP) is 0.547. The molecule has 13 heavy (non-hydrogen) atoms. The summed E-state index contributed by atoms with van der Waals surface area (Å²) in [6.45, 7) is 9.77. The smallest absolute Gasteiger partial charge is 0.106 e. The fourth-order valence-electron chi connectivity index (χ4n) is 1.74. The van der Waals surface area contributed by atoms with Crippen LogP contribution in [0.25, 0.3) is 0 Å². The van der Waals surface area contributed by atoms with Crippen molar-refractivity contribution in [1.29, 1.82) is 0 Å². The molecule has 78 valence electrons. The van der Waals surface area contributed by atoms with Gasteiger partial charge in [0.05, 0.1) is 12.2 Å². The normalized spacial score (nSPS) is 44.8. The Bertz CT molecular complexity index is 135. The molecule has 4 atom stereocenters. The zero-order valence-electron chi connectivity index (χ0n) is 8.35. The molecule has 0 aromatic rings. The summed E-state index contributed by atoms with van der Waals surface area (Å²) in [4.78, 5) is 0. The van der Waals surface area contributed by atoms with E-state index in [1.165, 1.54) is 0 Å². The molecular formula is C10H20O3.